The van der Waals surface area contributed by atoms with Crippen LogP contribution < -0.4 is 10.6 Å². The summed E-state index contributed by atoms with van der Waals surface area (Å²) in [6.45, 7) is 0.237. The molecule has 1 aliphatic carbocycles. The van der Waals surface area contributed by atoms with Crippen LogP contribution in [0.2, 0.25) is 0 Å². The molecular formula is C18H25N3O5. The SMILES string of the molecule is O=C(CCNc1ccccc1[N+](=O)[O-])NC1CCCCCCC1C(=O)O. The van der Waals surface area contributed by atoms with Crippen molar-refractivity contribution in [2.45, 2.75) is 51.0 Å². The number of amides is 1. The van der Waals surface area contributed by atoms with Gasteiger partial charge in [0.05, 0.1) is 10.8 Å². The minimum absolute atomic E-state index is 0.0427. The standard InChI is InChI=1S/C18H25N3O5/c22-17(11-12-19-15-9-5-6-10-16(15)21(25)26)20-14-8-4-2-1-3-7-13(14)18(23)24/h5-6,9-10,13-14,19H,1-4,7-8,11-12H2,(H,20,22)(H,23,24). The summed E-state index contributed by atoms with van der Waals surface area (Å²) in [7, 11) is 0. The van der Waals surface area contributed by atoms with Gasteiger partial charge in [-0.3, -0.25) is 19.7 Å². The van der Waals surface area contributed by atoms with Crippen molar-refractivity contribution in [3.63, 3.8) is 0 Å². The van der Waals surface area contributed by atoms with E-state index in [9.17, 15) is 24.8 Å². The number of nitrogens with one attached hydrogen (secondary N) is 2. The molecule has 1 aromatic rings. The monoisotopic (exact) mass is 363 g/mol. The average molecular weight is 363 g/mol. The third-order valence-corrected chi connectivity index (χ3v) is 4.70. The van der Waals surface area contributed by atoms with Crippen LogP contribution in [0.3, 0.4) is 0 Å². The van der Waals surface area contributed by atoms with E-state index in [0.717, 1.165) is 25.7 Å². The highest BCUT2D eigenvalue weighted by molar-refractivity contribution is 5.78. The highest BCUT2D eigenvalue weighted by atomic mass is 16.6. The third kappa shape index (κ3) is 5.72. The number of benzene rings is 1. The highest BCUT2D eigenvalue weighted by Gasteiger charge is 2.29. The summed E-state index contributed by atoms with van der Waals surface area (Å²) in [5.74, 6) is -1.66. The Kier molecular flexibility index (Phi) is 7.37. The fraction of sp³-hybridized carbons (Fsp3) is 0.556. The predicted octanol–water partition coefficient (Wildman–Crippen LogP) is 2.94. The summed E-state index contributed by atoms with van der Waals surface area (Å²) in [4.78, 5) is 34.2. The molecule has 0 saturated heterocycles. The Morgan fingerprint density at radius 3 is 2.54 bits per heavy atom. The molecule has 0 spiro atoms. The van der Waals surface area contributed by atoms with Crippen LogP contribution in [-0.4, -0.2) is 34.5 Å². The highest BCUT2D eigenvalue weighted by Crippen LogP contribution is 2.24. The number of nitrogens with zero attached hydrogens (tertiary/aromatic N) is 1. The number of carboxylic acids is 1. The number of para-hydroxylation sites is 2. The first-order chi connectivity index (χ1) is 12.5. The van der Waals surface area contributed by atoms with E-state index in [1.54, 1.807) is 18.2 Å². The van der Waals surface area contributed by atoms with Crippen LogP contribution in [-0.2, 0) is 9.59 Å². The van der Waals surface area contributed by atoms with Crippen molar-refractivity contribution in [3.8, 4) is 0 Å². The van der Waals surface area contributed by atoms with Gasteiger partial charge < -0.3 is 15.7 Å². The average Bonchev–Trinajstić information content (AvgIpc) is 2.57. The molecule has 142 valence electrons. The van der Waals surface area contributed by atoms with Crippen molar-refractivity contribution in [2.75, 3.05) is 11.9 Å². The second-order valence-corrected chi connectivity index (χ2v) is 6.56. The molecule has 2 rings (SSSR count). The van der Waals surface area contributed by atoms with E-state index in [0.29, 0.717) is 18.5 Å². The van der Waals surface area contributed by atoms with E-state index in [1.807, 2.05) is 0 Å². The fourth-order valence-electron chi connectivity index (χ4n) is 3.32. The maximum Gasteiger partial charge on any atom is 0.308 e. The second-order valence-electron chi connectivity index (χ2n) is 6.56. The predicted molar refractivity (Wildman–Crippen MR) is 97.0 cm³/mol. The van der Waals surface area contributed by atoms with Crippen molar-refractivity contribution in [1.82, 2.24) is 5.32 Å². The Morgan fingerprint density at radius 2 is 1.85 bits per heavy atom. The molecule has 0 aromatic heterocycles. The smallest absolute Gasteiger partial charge is 0.308 e. The van der Waals surface area contributed by atoms with Gasteiger partial charge in [0.2, 0.25) is 5.91 Å². The number of nitro benzene ring substituents is 1. The van der Waals surface area contributed by atoms with Gasteiger partial charge in [0.1, 0.15) is 5.69 Å². The van der Waals surface area contributed by atoms with Gasteiger partial charge in [0, 0.05) is 25.1 Å². The summed E-state index contributed by atoms with van der Waals surface area (Å²) in [5.41, 5.74) is 0.318. The van der Waals surface area contributed by atoms with Crippen LogP contribution in [0.5, 0.6) is 0 Å². The number of nitro groups is 1. The quantitative estimate of drug-likeness (QED) is 0.506. The van der Waals surface area contributed by atoms with Crippen molar-refractivity contribution < 1.29 is 19.6 Å². The number of hydrogen-bond donors (Lipinski definition) is 3. The second kappa shape index (κ2) is 9.74. The lowest BCUT2D eigenvalue weighted by Gasteiger charge is -2.27. The Balaban J connectivity index is 1.87. The topological polar surface area (TPSA) is 122 Å². The van der Waals surface area contributed by atoms with E-state index in [2.05, 4.69) is 10.6 Å². The molecule has 3 N–H and O–H groups in total. The van der Waals surface area contributed by atoms with Crippen LogP contribution in [0.1, 0.15) is 44.9 Å². The van der Waals surface area contributed by atoms with Gasteiger partial charge in [0.15, 0.2) is 0 Å². The summed E-state index contributed by atoms with van der Waals surface area (Å²) in [6.07, 6.45) is 5.22. The maximum atomic E-state index is 12.2. The Hall–Kier alpha value is -2.64. The first kappa shape index (κ1) is 19.7. The molecule has 26 heavy (non-hydrogen) atoms. The van der Waals surface area contributed by atoms with E-state index >= 15 is 0 Å². The van der Waals surface area contributed by atoms with Crippen LogP contribution in [0.15, 0.2) is 24.3 Å². The number of aliphatic carboxylic acids is 1. The van der Waals surface area contributed by atoms with E-state index in [1.165, 1.54) is 6.07 Å². The summed E-state index contributed by atoms with van der Waals surface area (Å²) >= 11 is 0. The molecule has 1 aliphatic rings. The van der Waals surface area contributed by atoms with Gasteiger partial charge in [-0.05, 0) is 18.9 Å². The molecule has 0 radical (unpaired) electrons. The van der Waals surface area contributed by atoms with Gasteiger partial charge in [-0.2, -0.15) is 0 Å². The summed E-state index contributed by atoms with van der Waals surface area (Å²) in [5, 5.41) is 26.1. The molecule has 2 unspecified atom stereocenters. The largest absolute Gasteiger partial charge is 0.481 e. The third-order valence-electron chi connectivity index (χ3n) is 4.70. The van der Waals surface area contributed by atoms with Crippen molar-refractivity contribution >= 4 is 23.3 Å². The van der Waals surface area contributed by atoms with Crippen LogP contribution >= 0.6 is 0 Å². The van der Waals surface area contributed by atoms with Crippen LogP contribution in [0, 0.1) is 16.0 Å². The number of carbonyl (C=O) groups excluding carboxylic acids is 1. The number of carboxylic acid groups (broad SMARTS) is 1. The first-order valence-electron chi connectivity index (χ1n) is 8.98. The Bertz CT molecular complexity index is 649. The molecule has 8 heteroatoms. The zero-order valence-corrected chi connectivity index (χ0v) is 14.6. The summed E-state index contributed by atoms with van der Waals surface area (Å²) < 4.78 is 0. The molecule has 0 bridgehead atoms. The van der Waals surface area contributed by atoms with Crippen LogP contribution in [0.25, 0.3) is 0 Å². The molecule has 1 aromatic carbocycles. The molecule has 1 amide bonds. The molecule has 0 heterocycles. The molecule has 1 fully saturated rings. The Labute approximate surface area is 152 Å². The van der Waals surface area contributed by atoms with Gasteiger partial charge in [-0.25, -0.2) is 0 Å². The van der Waals surface area contributed by atoms with Gasteiger partial charge in [-0.1, -0.05) is 37.8 Å². The Morgan fingerprint density at radius 1 is 1.15 bits per heavy atom. The number of hydrogen-bond acceptors (Lipinski definition) is 5. The molecule has 8 nitrogen and oxygen atoms in total. The fourth-order valence-corrected chi connectivity index (χ4v) is 3.32. The van der Waals surface area contributed by atoms with Gasteiger partial charge in [0.25, 0.3) is 5.69 Å². The molecule has 1 saturated carbocycles. The minimum Gasteiger partial charge on any atom is -0.481 e. The van der Waals surface area contributed by atoms with Crippen molar-refractivity contribution in [3.05, 3.63) is 34.4 Å². The van der Waals surface area contributed by atoms with Gasteiger partial charge in [-0.15, -0.1) is 0 Å². The normalized spacial score (nSPS) is 20.5. The van der Waals surface area contributed by atoms with E-state index in [4.69, 9.17) is 0 Å². The number of rotatable bonds is 7. The lowest BCUT2D eigenvalue weighted by Crippen LogP contribution is -2.44. The van der Waals surface area contributed by atoms with Gasteiger partial charge >= 0.3 is 5.97 Å². The molecule has 2 atom stereocenters. The van der Waals surface area contributed by atoms with E-state index < -0.39 is 16.8 Å². The number of anilines is 1. The van der Waals surface area contributed by atoms with Crippen molar-refractivity contribution in [2.24, 2.45) is 5.92 Å². The van der Waals surface area contributed by atoms with E-state index in [-0.39, 0.29) is 30.6 Å². The van der Waals surface area contributed by atoms with Crippen LogP contribution in [0.4, 0.5) is 11.4 Å². The maximum absolute atomic E-state index is 12.2. The van der Waals surface area contributed by atoms with Crippen molar-refractivity contribution in [1.29, 1.82) is 0 Å². The zero-order valence-electron chi connectivity index (χ0n) is 14.6. The summed E-state index contributed by atoms with van der Waals surface area (Å²) in [6, 6.07) is 5.89. The minimum atomic E-state index is -0.866. The lowest BCUT2D eigenvalue weighted by molar-refractivity contribution is -0.384. The molecule has 0 aliphatic heterocycles. The lowest BCUT2D eigenvalue weighted by atomic mass is 9.86. The molecular weight excluding hydrogens is 338 g/mol. The zero-order chi connectivity index (χ0) is 18.9. The first-order valence-corrected chi connectivity index (χ1v) is 8.98. The number of carbonyl (C=O) groups is 2.